The number of carbonyl (C=O) groups is 2. The maximum atomic E-state index is 14.7. The summed E-state index contributed by atoms with van der Waals surface area (Å²) in [6.45, 7) is 13.5. The highest BCUT2D eigenvalue weighted by atomic mass is 79.9. The Bertz CT molecular complexity index is 4330. The maximum absolute atomic E-state index is 14.7. The second-order valence-electron chi connectivity index (χ2n) is 23.4. The van der Waals surface area contributed by atoms with E-state index in [2.05, 4.69) is 180 Å². The van der Waals surface area contributed by atoms with Crippen LogP contribution in [-0.2, 0) is 42.3 Å². The highest BCUT2D eigenvalue weighted by Gasteiger charge is 2.42. The number of fused-ring (bicyclic) bond motifs is 10. The van der Waals surface area contributed by atoms with Crippen LogP contribution in [-0.4, -0.2) is 28.4 Å². The van der Waals surface area contributed by atoms with Gasteiger partial charge in [0.25, 0.3) is 0 Å². The summed E-state index contributed by atoms with van der Waals surface area (Å²) in [4.78, 5) is 30.8. The smallest absolute Gasteiger partial charge is 0.208 e. The van der Waals surface area contributed by atoms with Crippen molar-refractivity contribution < 1.29 is 26.4 Å². The van der Waals surface area contributed by atoms with Crippen molar-refractivity contribution in [3.05, 3.63) is 294 Å². The van der Waals surface area contributed by atoms with E-state index in [1.54, 1.807) is 36.4 Å². The lowest BCUT2D eigenvalue weighted by atomic mass is 9.69. The molecule has 0 fully saturated rings. The molecule has 0 spiro atoms. The minimum absolute atomic E-state index is 0.0278. The monoisotopic (exact) mass is 1270 g/mol. The fourth-order valence-electron chi connectivity index (χ4n) is 13.3. The first-order chi connectivity index (χ1) is 40.1. The van der Waals surface area contributed by atoms with E-state index in [4.69, 9.17) is 0 Å². The first-order valence-electron chi connectivity index (χ1n) is 27.7. The quantitative estimate of drug-likeness (QED) is 0.168. The third-order valence-corrected chi connectivity index (χ3v) is 22.2. The maximum Gasteiger partial charge on any atom is 0.208 e. The third-order valence-electron chi connectivity index (χ3n) is 17.5. The highest BCUT2D eigenvalue weighted by molar-refractivity contribution is 9.10. The largest absolute Gasteiger partial charge is 0.310 e. The number of sulfone groups is 2. The Kier molecular flexibility index (Phi) is 13.2. The molecule has 0 saturated heterocycles. The zero-order chi connectivity index (χ0) is 58.8. The van der Waals surface area contributed by atoms with Gasteiger partial charge >= 0.3 is 0 Å². The van der Waals surface area contributed by atoms with Crippen molar-refractivity contribution in [2.75, 3.05) is 9.80 Å². The summed E-state index contributed by atoms with van der Waals surface area (Å²) < 4.78 is 55.8. The predicted molar refractivity (Wildman–Crippen MR) is 340 cm³/mol. The summed E-state index contributed by atoms with van der Waals surface area (Å²) >= 11 is 6.46. The summed E-state index contributed by atoms with van der Waals surface area (Å²) in [5.41, 5.74) is 16.3. The van der Waals surface area contributed by atoms with Crippen LogP contribution < -0.4 is 9.80 Å². The van der Waals surface area contributed by atoms with E-state index in [1.165, 1.54) is 46.5 Å². The minimum Gasteiger partial charge on any atom is -0.310 e. The lowest BCUT2D eigenvalue weighted by Gasteiger charge is -2.42. The van der Waals surface area contributed by atoms with Gasteiger partial charge in [0.05, 0.1) is 42.3 Å². The lowest BCUT2D eigenvalue weighted by Crippen LogP contribution is -2.31. The first-order valence-corrected chi connectivity index (χ1v) is 32.3. The standard InChI is InChI=1S/C43H34N2O3S.C16H16.C13H6Br2O3S/c1-42(2)31-13-5-9-17-35(31)44(36-18-10-6-14-32(36)42)27-21-23-29-39(25-27)49(47,48)40-26-28(22-24-30(40)41(29)46)45-37-19-11-7-15-33(37)43(3,4)34-16-8-12-20-38(34)45;1-16(2)14-9-5-3-7-12(14)11-13-8-4-6-10-15(13)16;14-7-1-3-9-11(5-7)19(17,18)12-6-8(15)2-4-10(12)13(9)16/h5-26H,1-4H3;3-10H,11H2,1-2H3;1-6H. The normalized spacial score (nSPS) is 16.7. The van der Waals surface area contributed by atoms with Crippen molar-refractivity contribution in [3.8, 4) is 0 Å². The second-order valence-corrected chi connectivity index (χ2v) is 29.0. The van der Waals surface area contributed by atoms with E-state index in [0.29, 0.717) is 20.3 Å². The van der Waals surface area contributed by atoms with Crippen LogP contribution in [0.25, 0.3) is 0 Å². The number of hydrogen-bond acceptors (Lipinski definition) is 8. The van der Waals surface area contributed by atoms with Gasteiger partial charge in [0, 0.05) is 58.8 Å². The number of nitrogens with zero attached hydrogens (tertiary/aromatic N) is 2. The van der Waals surface area contributed by atoms with Gasteiger partial charge in [0.2, 0.25) is 19.7 Å². The van der Waals surface area contributed by atoms with Crippen LogP contribution in [0.2, 0.25) is 0 Å². The Morgan fingerprint density at radius 2 is 0.595 bits per heavy atom. The Hall–Kier alpha value is -8.00. The Balaban J connectivity index is 0.000000152. The SMILES string of the molecule is CC1(C)c2ccccc2Cc2ccccc21.CC1(C)c2ccccc2N(c2ccc3c(c2)S(=O)(=O)c2cc(N4c5ccccc5C(C)(C)c5ccccc54)ccc2C3=O)c2ccccc21.O=C1c2ccc(Br)cc2S(=O)(=O)c2cc(Br)ccc21. The molecule has 5 aliphatic rings. The Morgan fingerprint density at radius 3 is 0.929 bits per heavy atom. The van der Waals surface area contributed by atoms with E-state index in [9.17, 15) is 26.4 Å². The van der Waals surface area contributed by atoms with Gasteiger partial charge in [-0.25, -0.2) is 16.8 Å². The van der Waals surface area contributed by atoms with Gasteiger partial charge < -0.3 is 9.80 Å². The first kappa shape index (κ1) is 55.2. The summed E-state index contributed by atoms with van der Waals surface area (Å²) in [7, 11) is -7.75. The fourth-order valence-corrected chi connectivity index (χ4v) is 17.7. The molecule has 10 aromatic rings. The van der Waals surface area contributed by atoms with Gasteiger partial charge in [-0.2, -0.15) is 0 Å². The van der Waals surface area contributed by atoms with Gasteiger partial charge in [0.15, 0.2) is 11.6 Å². The number of para-hydroxylation sites is 4. The van der Waals surface area contributed by atoms with E-state index in [1.807, 2.05) is 60.7 Å². The number of benzene rings is 10. The Labute approximate surface area is 507 Å². The summed E-state index contributed by atoms with van der Waals surface area (Å²) in [6, 6.07) is 70.4. The van der Waals surface area contributed by atoms with Gasteiger partial charge in [-0.15, -0.1) is 0 Å². The van der Waals surface area contributed by atoms with Gasteiger partial charge in [-0.3, -0.25) is 9.59 Å². The topological polar surface area (TPSA) is 109 Å². The summed E-state index contributed by atoms with van der Waals surface area (Å²) in [5, 5.41) is 0. The molecule has 0 amide bonds. The molecule has 416 valence electrons. The average molecular weight is 1270 g/mol. The molecule has 0 radical (unpaired) electrons. The molecule has 84 heavy (non-hydrogen) atoms. The van der Waals surface area contributed by atoms with Crippen LogP contribution in [0, 0.1) is 0 Å². The van der Waals surface area contributed by atoms with Gasteiger partial charge in [-0.05, 0) is 148 Å². The third kappa shape index (κ3) is 8.61. The van der Waals surface area contributed by atoms with E-state index in [0.717, 1.165) is 51.4 Å². The molecule has 0 bridgehead atoms. The molecule has 8 nitrogen and oxygen atoms in total. The molecule has 10 aromatic carbocycles. The van der Waals surface area contributed by atoms with E-state index < -0.39 is 19.7 Å². The second kappa shape index (κ2) is 20.1. The molecule has 4 aliphatic heterocycles. The van der Waals surface area contributed by atoms with Crippen molar-refractivity contribution in [2.24, 2.45) is 0 Å². The van der Waals surface area contributed by atoms with Crippen molar-refractivity contribution in [1.82, 2.24) is 0 Å². The molecule has 1 aliphatic carbocycles. The molecule has 4 heterocycles. The van der Waals surface area contributed by atoms with Crippen molar-refractivity contribution in [1.29, 1.82) is 0 Å². The molecule has 12 heteroatoms. The van der Waals surface area contributed by atoms with Crippen LogP contribution in [0.3, 0.4) is 0 Å². The Morgan fingerprint density at radius 1 is 0.333 bits per heavy atom. The number of anilines is 6. The number of carbonyl (C=O) groups excluding carboxylic acids is 2. The molecule has 15 rings (SSSR count). The molecule has 0 unspecified atom stereocenters. The van der Waals surface area contributed by atoms with Gasteiger partial charge in [-0.1, -0.05) is 195 Å². The van der Waals surface area contributed by atoms with Crippen LogP contribution in [0.1, 0.15) is 118 Å². The van der Waals surface area contributed by atoms with Gasteiger partial charge in [0.1, 0.15) is 0 Å². The predicted octanol–water partition coefficient (Wildman–Crippen LogP) is 17.8. The average Bonchev–Trinajstić information content (AvgIpc) is 1.08. The van der Waals surface area contributed by atoms with Crippen molar-refractivity contribution >= 4 is 97.2 Å². The fraction of sp³-hybridized carbons (Fsp3) is 0.139. The number of hydrogen-bond donors (Lipinski definition) is 0. The lowest BCUT2D eigenvalue weighted by molar-refractivity contribution is 0.102. The molecule has 0 atom stereocenters. The molecular formula is C72H56Br2N2O6S2. The molecular weight excluding hydrogens is 1210 g/mol. The minimum atomic E-state index is -4.09. The van der Waals surface area contributed by atoms with E-state index in [-0.39, 0.29) is 69.6 Å². The van der Waals surface area contributed by atoms with Crippen molar-refractivity contribution in [2.45, 2.75) is 83.8 Å². The number of rotatable bonds is 2. The van der Waals surface area contributed by atoms with Crippen LogP contribution in [0.5, 0.6) is 0 Å². The van der Waals surface area contributed by atoms with Crippen LogP contribution >= 0.6 is 31.9 Å². The number of ketones is 2. The van der Waals surface area contributed by atoms with Crippen LogP contribution in [0.4, 0.5) is 34.1 Å². The molecule has 0 saturated carbocycles. The molecule has 0 N–H and O–H groups in total. The highest BCUT2D eigenvalue weighted by Crippen LogP contribution is 2.55. The summed E-state index contributed by atoms with van der Waals surface area (Å²) in [5.74, 6) is -0.557. The summed E-state index contributed by atoms with van der Waals surface area (Å²) in [6.07, 6.45) is 1.08. The zero-order valence-electron chi connectivity index (χ0n) is 46.9. The zero-order valence-corrected chi connectivity index (χ0v) is 51.7. The number of halogens is 2. The van der Waals surface area contributed by atoms with Crippen LogP contribution in [0.15, 0.2) is 247 Å². The van der Waals surface area contributed by atoms with E-state index >= 15 is 0 Å². The molecule has 0 aromatic heterocycles. The van der Waals surface area contributed by atoms with Crippen molar-refractivity contribution in [3.63, 3.8) is 0 Å².